The molecule has 7 heteroatoms. The van der Waals surface area contributed by atoms with Gasteiger partial charge in [0.15, 0.2) is 11.9 Å². The highest BCUT2D eigenvalue weighted by Gasteiger charge is 2.34. The summed E-state index contributed by atoms with van der Waals surface area (Å²) in [6.45, 7) is 0. The highest BCUT2D eigenvalue weighted by Crippen LogP contribution is 2.31. The summed E-state index contributed by atoms with van der Waals surface area (Å²) >= 11 is 1.63. The molecule has 0 spiro atoms. The zero-order valence-corrected chi connectivity index (χ0v) is 10.8. The van der Waals surface area contributed by atoms with Crippen LogP contribution in [0.1, 0.15) is 35.5 Å². The number of ether oxygens (including phenoxy) is 1. The van der Waals surface area contributed by atoms with Gasteiger partial charge < -0.3 is 14.4 Å². The molecule has 1 N–H and O–H groups in total. The first-order chi connectivity index (χ1) is 9.22. The average molecular weight is 280 g/mol. The van der Waals surface area contributed by atoms with E-state index in [1.165, 1.54) is 0 Å². The molecular formula is C12H12N2O4S. The van der Waals surface area contributed by atoms with Crippen molar-refractivity contribution in [2.75, 3.05) is 0 Å². The van der Waals surface area contributed by atoms with Gasteiger partial charge in [0.1, 0.15) is 6.10 Å². The Morgan fingerprint density at radius 2 is 2.42 bits per heavy atom. The molecule has 1 fully saturated rings. The summed E-state index contributed by atoms with van der Waals surface area (Å²) in [5, 5.41) is 14.8. The van der Waals surface area contributed by atoms with Crippen LogP contribution >= 0.6 is 11.3 Å². The third-order valence-corrected chi connectivity index (χ3v) is 3.84. The zero-order chi connectivity index (χ0) is 13.2. The summed E-state index contributed by atoms with van der Waals surface area (Å²) in [6, 6.07) is 3.98. The predicted octanol–water partition coefficient (Wildman–Crippen LogP) is 2.03. The van der Waals surface area contributed by atoms with Crippen molar-refractivity contribution in [2.45, 2.75) is 31.5 Å². The number of nitrogens with zero attached hydrogens (tertiary/aromatic N) is 2. The van der Waals surface area contributed by atoms with Gasteiger partial charge in [-0.25, -0.2) is 4.79 Å². The fourth-order valence-corrected chi connectivity index (χ4v) is 2.74. The van der Waals surface area contributed by atoms with E-state index in [4.69, 9.17) is 14.4 Å². The van der Waals surface area contributed by atoms with E-state index in [0.717, 1.165) is 4.88 Å². The molecule has 1 aliphatic rings. The lowest BCUT2D eigenvalue weighted by atomic mass is 10.2. The molecule has 0 saturated carbocycles. The van der Waals surface area contributed by atoms with Gasteiger partial charge in [-0.2, -0.15) is 4.98 Å². The van der Waals surface area contributed by atoms with Crippen LogP contribution in [-0.2, 0) is 16.0 Å². The van der Waals surface area contributed by atoms with Gasteiger partial charge >= 0.3 is 5.97 Å². The normalized spacial score (nSPS) is 22.7. The van der Waals surface area contributed by atoms with Crippen molar-refractivity contribution in [3.05, 3.63) is 34.1 Å². The molecule has 0 amide bonds. The number of aliphatic carboxylic acids is 1. The first-order valence-electron chi connectivity index (χ1n) is 5.95. The Hall–Kier alpha value is -1.73. The number of rotatable bonds is 4. The minimum Gasteiger partial charge on any atom is -0.479 e. The summed E-state index contributed by atoms with van der Waals surface area (Å²) in [5.41, 5.74) is 0. The van der Waals surface area contributed by atoms with Gasteiger partial charge in [0.05, 0.1) is 0 Å². The Balaban J connectivity index is 1.67. The van der Waals surface area contributed by atoms with Gasteiger partial charge in [0, 0.05) is 11.3 Å². The molecule has 1 aliphatic heterocycles. The predicted molar refractivity (Wildman–Crippen MR) is 65.9 cm³/mol. The number of carbonyl (C=O) groups is 1. The third-order valence-electron chi connectivity index (χ3n) is 2.97. The van der Waals surface area contributed by atoms with E-state index >= 15 is 0 Å². The van der Waals surface area contributed by atoms with Crippen LogP contribution in [0.4, 0.5) is 0 Å². The SMILES string of the molecule is O=C(O)C1CCC(c2nc(Cc3cccs3)no2)O1. The molecule has 100 valence electrons. The lowest BCUT2D eigenvalue weighted by Gasteiger charge is -2.05. The van der Waals surface area contributed by atoms with Crippen LogP contribution < -0.4 is 0 Å². The maximum absolute atomic E-state index is 10.8. The van der Waals surface area contributed by atoms with Crippen molar-refractivity contribution >= 4 is 17.3 Å². The van der Waals surface area contributed by atoms with Crippen molar-refractivity contribution in [3.8, 4) is 0 Å². The van der Waals surface area contributed by atoms with Crippen LogP contribution in [0.3, 0.4) is 0 Å². The Morgan fingerprint density at radius 1 is 1.53 bits per heavy atom. The van der Waals surface area contributed by atoms with E-state index in [0.29, 0.717) is 31.0 Å². The van der Waals surface area contributed by atoms with Crippen LogP contribution in [-0.4, -0.2) is 27.3 Å². The highest BCUT2D eigenvalue weighted by molar-refractivity contribution is 7.09. The van der Waals surface area contributed by atoms with E-state index < -0.39 is 18.2 Å². The second-order valence-electron chi connectivity index (χ2n) is 4.33. The van der Waals surface area contributed by atoms with Crippen molar-refractivity contribution in [1.29, 1.82) is 0 Å². The number of thiophene rings is 1. The van der Waals surface area contributed by atoms with E-state index in [2.05, 4.69) is 10.1 Å². The largest absolute Gasteiger partial charge is 0.479 e. The van der Waals surface area contributed by atoms with E-state index in [1.54, 1.807) is 11.3 Å². The summed E-state index contributed by atoms with van der Waals surface area (Å²) in [7, 11) is 0. The molecule has 6 nitrogen and oxygen atoms in total. The topological polar surface area (TPSA) is 85.5 Å². The molecule has 1 saturated heterocycles. The quantitative estimate of drug-likeness (QED) is 0.922. The van der Waals surface area contributed by atoms with E-state index in [9.17, 15) is 4.79 Å². The highest BCUT2D eigenvalue weighted by atomic mass is 32.1. The molecule has 0 radical (unpaired) electrons. The summed E-state index contributed by atoms with van der Waals surface area (Å²) in [6.07, 6.45) is 0.527. The van der Waals surface area contributed by atoms with Gasteiger partial charge in [-0.1, -0.05) is 11.2 Å². The molecule has 19 heavy (non-hydrogen) atoms. The van der Waals surface area contributed by atoms with Gasteiger partial charge in [0.2, 0.25) is 0 Å². The van der Waals surface area contributed by atoms with Crippen molar-refractivity contribution < 1.29 is 19.2 Å². The maximum atomic E-state index is 10.8. The van der Waals surface area contributed by atoms with Gasteiger partial charge in [-0.3, -0.25) is 0 Å². The molecule has 3 heterocycles. The molecule has 2 aromatic heterocycles. The van der Waals surface area contributed by atoms with Gasteiger partial charge in [-0.05, 0) is 24.3 Å². The van der Waals surface area contributed by atoms with Crippen molar-refractivity contribution in [2.24, 2.45) is 0 Å². The number of carboxylic acid groups (broad SMARTS) is 1. The number of hydrogen-bond acceptors (Lipinski definition) is 6. The van der Waals surface area contributed by atoms with Crippen LogP contribution in [0.2, 0.25) is 0 Å². The average Bonchev–Trinajstić information content (AvgIpc) is 3.09. The molecule has 0 aromatic carbocycles. The first-order valence-corrected chi connectivity index (χ1v) is 6.83. The lowest BCUT2D eigenvalue weighted by molar-refractivity contribution is -0.150. The number of carboxylic acids is 1. The van der Waals surface area contributed by atoms with E-state index in [-0.39, 0.29) is 0 Å². The Bertz CT molecular complexity index is 566. The van der Waals surface area contributed by atoms with E-state index in [1.807, 2.05) is 17.5 Å². The van der Waals surface area contributed by atoms with Crippen molar-refractivity contribution in [1.82, 2.24) is 10.1 Å². The standard InChI is InChI=1S/C12H12N2O4S/c15-12(16)9-4-3-8(17-9)11-13-10(14-18-11)6-7-2-1-5-19-7/h1-2,5,8-9H,3-4,6H2,(H,15,16). The maximum Gasteiger partial charge on any atom is 0.332 e. The second kappa shape index (κ2) is 5.10. The summed E-state index contributed by atoms with van der Waals surface area (Å²) < 4.78 is 10.5. The monoisotopic (exact) mass is 280 g/mol. The first kappa shape index (κ1) is 12.3. The van der Waals surface area contributed by atoms with Crippen LogP contribution in [0.25, 0.3) is 0 Å². The number of hydrogen-bond donors (Lipinski definition) is 1. The Morgan fingerprint density at radius 3 is 3.11 bits per heavy atom. The van der Waals surface area contributed by atoms with Crippen LogP contribution in [0.15, 0.2) is 22.0 Å². The fourth-order valence-electron chi connectivity index (χ4n) is 2.04. The van der Waals surface area contributed by atoms with Crippen LogP contribution in [0.5, 0.6) is 0 Å². The second-order valence-corrected chi connectivity index (χ2v) is 5.37. The number of aromatic nitrogens is 2. The Labute approximate surface area is 113 Å². The lowest BCUT2D eigenvalue weighted by Crippen LogP contribution is -2.18. The Kier molecular flexibility index (Phi) is 3.31. The van der Waals surface area contributed by atoms with Gasteiger partial charge in [-0.15, -0.1) is 11.3 Å². The molecule has 2 unspecified atom stereocenters. The minimum atomic E-state index is -0.944. The molecule has 3 rings (SSSR count). The third kappa shape index (κ3) is 2.66. The smallest absolute Gasteiger partial charge is 0.332 e. The molecular weight excluding hydrogens is 268 g/mol. The van der Waals surface area contributed by atoms with Crippen molar-refractivity contribution in [3.63, 3.8) is 0 Å². The van der Waals surface area contributed by atoms with Crippen LogP contribution in [0, 0.1) is 0 Å². The molecule has 0 aliphatic carbocycles. The fraction of sp³-hybridized carbons (Fsp3) is 0.417. The molecule has 2 aromatic rings. The molecule has 0 bridgehead atoms. The van der Waals surface area contributed by atoms with Gasteiger partial charge in [0.25, 0.3) is 5.89 Å². The minimum absolute atomic E-state index is 0.371. The summed E-state index contributed by atoms with van der Waals surface area (Å²) in [5.74, 6) is 0.0240. The summed E-state index contributed by atoms with van der Waals surface area (Å²) in [4.78, 5) is 16.2. The zero-order valence-electron chi connectivity index (χ0n) is 9.98. The molecule has 2 atom stereocenters.